The fourth-order valence-corrected chi connectivity index (χ4v) is 2.71. The summed E-state index contributed by atoms with van der Waals surface area (Å²) in [6.07, 6.45) is 4.89. The third-order valence-electron chi connectivity index (χ3n) is 3.55. The molecule has 19 heavy (non-hydrogen) atoms. The van der Waals surface area contributed by atoms with Crippen molar-refractivity contribution in [1.82, 2.24) is 10.6 Å². The molecule has 2 aliphatic carbocycles. The van der Waals surface area contributed by atoms with E-state index in [9.17, 15) is 9.59 Å². The van der Waals surface area contributed by atoms with Gasteiger partial charge in [-0.25, -0.2) is 0 Å². The SMILES string of the molecule is O=C(NCC1CC1)c1ccc(C(=O)NCC2CC2)s1. The van der Waals surface area contributed by atoms with Crippen LogP contribution < -0.4 is 10.6 Å². The van der Waals surface area contributed by atoms with Gasteiger partial charge in [-0.3, -0.25) is 9.59 Å². The van der Waals surface area contributed by atoms with Crippen molar-refractivity contribution in [2.75, 3.05) is 13.1 Å². The van der Waals surface area contributed by atoms with Crippen LogP contribution in [-0.2, 0) is 0 Å². The predicted octanol–water partition coefficient (Wildman–Crippen LogP) is 2.03. The van der Waals surface area contributed by atoms with E-state index in [-0.39, 0.29) is 11.8 Å². The number of carbonyl (C=O) groups is 2. The fraction of sp³-hybridized carbons (Fsp3) is 0.571. The Labute approximate surface area is 116 Å². The van der Waals surface area contributed by atoms with Crippen LogP contribution in [-0.4, -0.2) is 24.9 Å². The maximum Gasteiger partial charge on any atom is 0.261 e. The van der Waals surface area contributed by atoms with Crippen LogP contribution in [0.1, 0.15) is 45.0 Å². The van der Waals surface area contributed by atoms with Crippen LogP contribution in [0.4, 0.5) is 0 Å². The molecule has 0 unspecified atom stereocenters. The highest BCUT2D eigenvalue weighted by Crippen LogP contribution is 2.28. The quantitative estimate of drug-likeness (QED) is 0.836. The second-order valence-electron chi connectivity index (χ2n) is 5.47. The lowest BCUT2D eigenvalue weighted by Gasteiger charge is -2.02. The molecule has 0 bridgehead atoms. The van der Waals surface area contributed by atoms with E-state index in [0.717, 1.165) is 13.1 Å². The minimum atomic E-state index is -0.0573. The van der Waals surface area contributed by atoms with E-state index in [1.807, 2.05) is 0 Å². The summed E-state index contributed by atoms with van der Waals surface area (Å²) in [7, 11) is 0. The van der Waals surface area contributed by atoms with Gasteiger partial charge in [-0.05, 0) is 49.7 Å². The van der Waals surface area contributed by atoms with Crippen molar-refractivity contribution in [1.29, 1.82) is 0 Å². The van der Waals surface area contributed by atoms with Gasteiger partial charge in [0.25, 0.3) is 11.8 Å². The molecule has 0 aliphatic heterocycles. The number of carbonyl (C=O) groups excluding carboxylic acids is 2. The van der Waals surface area contributed by atoms with E-state index in [0.29, 0.717) is 21.6 Å². The standard InChI is InChI=1S/C14H18N2O2S/c17-13(15-7-9-1-2-9)11-5-6-12(19-11)14(18)16-8-10-3-4-10/h5-6,9-10H,1-4,7-8H2,(H,15,17)(H,16,18). The normalized spacial score (nSPS) is 18.1. The molecule has 2 amide bonds. The summed E-state index contributed by atoms with van der Waals surface area (Å²) >= 11 is 1.27. The molecular weight excluding hydrogens is 260 g/mol. The van der Waals surface area contributed by atoms with Gasteiger partial charge >= 0.3 is 0 Å². The molecule has 102 valence electrons. The number of hydrogen-bond acceptors (Lipinski definition) is 3. The third-order valence-corrected chi connectivity index (χ3v) is 4.63. The van der Waals surface area contributed by atoms with E-state index >= 15 is 0 Å². The lowest BCUT2D eigenvalue weighted by molar-refractivity contribution is 0.0949. The first-order valence-corrected chi connectivity index (χ1v) is 7.70. The fourth-order valence-electron chi connectivity index (χ4n) is 1.87. The van der Waals surface area contributed by atoms with Gasteiger partial charge in [0.1, 0.15) is 0 Å². The number of rotatable bonds is 6. The maximum absolute atomic E-state index is 11.9. The molecule has 0 radical (unpaired) electrons. The number of hydrogen-bond donors (Lipinski definition) is 2. The van der Waals surface area contributed by atoms with Crippen molar-refractivity contribution >= 4 is 23.2 Å². The zero-order valence-corrected chi connectivity index (χ0v) is 11.6. The van der Waals surface area contributed by atoms with Gasteiger partial charge in [0.2, 0.25) is 0 Å². The molecule has 0 atom stereocenters. The van der Waals surface area contributed by atoms with Crippen LogP contribution in [0.15, 0.2) is 12.1 Å². The maximum atomic E-state index is 11.9. The second kappa shape index (κ2) is 5.33. The minimum absolute atomic E-state index is 0.0573. The van der Waals surface area contributed by atoms with Gasteiger partial charge in [0, 0.05) is 13.1 Å². The van der Waals surface area contributed by atoms with Crippen molar-refractivity contribution in [3.05, 3.63) is 21.9 Å². The van der Waals surface area contributed by atoms with Gasteiger partial charge < -0.3 is 10.6 Å². The lowest BCUT2D eigenvalue weighted by Crippen LogP contribution is -2.25. The largest absolute Gasteiger partial charge is 0.351 e. The number of thiophene rings is 1. The van der Waals surface area contributed by atoms with Crippen LogP contribution in [0.3, 0.4) is 0 Å². The van der Waals surface area contributed by atoms with Crippen molar-refractivity contribution in [3.8, 4) is 0 Å². The average molecular weight is 278 g/mol. The summed E-state index contributed by atoms with van der Waals surface area (Å²) in [5.74, 6) is 1.23. The van der Waals surface area contributed by atoms with Gasteiger partial charge in [-0.15, -0.1) is 11.3 Å². The Hall–Kier alpha value is -1.36. The number of nitrogens with one attached hydrogen (secondary N) is 2. The highest BCUT2D eigenvalue weighted by atomic mass is 32.1. The van der Waals surface area contributed by atoms with E-state index in [4.69, 9.17) is 0 Å². The highest BCUT2D eigenvalue weighted by molar-refractivity contribution is 7.15. The van der Waals surface area contributed by atoms with E-state index in [1.54, 1.807) is 12.1 Å². The van der Waals surface area contributed by atoms with Crippen molar-refractivity contribution in [2.24, 2.45) is 11.8 Å². The van der Waals surface area contributed by atoms with Gasteiger partial charge in [-0.1, -0.05) is 0 Å². The van der Waals surface area contributed by atoms with Crippen molar-refractivity contribution in [3.63, 3.8) is 0 Å². The molecule has 5 heteroatoms. The van der Waals surface area contributed by atoms with Crippen LogP contribution >= 0.6 is 11.3 Å². The molecule has 0 spiro atoms. The Kier molecular flexibility index (Phi) is 3.55. The Morgan fingerprint density at radius 1 is 0.947 bits per heavy atom. The molecule has 0 saturated heterocycles. The zero-order chi connectivity index (χ0) is 13.2. The monoisotopic (exact) mass is 278 g/mol. The van der Waals surface area contributed by atoms with E-state index < -0.39 is 0 Å². The zero-order valence-electron chi connectivity index (χ0n) is 10.8. The third kappa shape index (κ3) is 3.56. The Bertz CT molecular complexity index is 447. The van der Waals surface area contributed by atoms with Crippen LogP contribution in [0.2, 0.25) is 0 Å². The van der Waals surface area contributed by atoms with Crippen LogP contribution in [0.5, 0.6) is 0 Å². The minimum Gasteiger partial charge on any atom is -0.351 e. The smallest absolute Gasteiger partial charge is 0.261 e. The molecule has 0 aromatic carbocycles. The van der Waals surface area contributed by atoms with Gasteiger partial charge in [0.05, 0.1) is 9.75 Å². The molecule has 2 saturated carbocycles. The second-order valence-corrected chi connectivity index (χ2v) is 6.55. The Balaban J connectivity index is 1.51. The van der Waals surface area contributed by atoms with Crippen LogP contribution in [0, 0.1) is 11.8 Å². The summed E-state index contributed by atoms with van der Waals surface area (Å²) in [5.41, 5.74) is 0. The lowest BCUT2D eigenvalue weighted by atomic mass is 10.3. The molecule has 1 aromatic rings. The summed E-state index contributed by atoms with van der Waals surface area (Å²) in [5, 5.41) is 5.83. The van der Waals surface area contributed by atoms with E-state index in [2.05, 4.69) is 10.6 Å². The van der Waals surface area contributed by atoms with Crippen molar-refractivity contribution in [2.45, 2.75) is 25.7 Å². The van der Waals surface area contributed by atoms with Crippen LogP contribution in [0.25, 0.3) is 0 Å². The first-order chi connectivity index (χ1) is 9.22. The summed E-state index contributed by atoms with van der Waals surface area (Å²) in [6, 6.07) is 3.47. The molecule has 2 N–H and O–H groups in total. The molecule has 1 heterocycles. The first-order valence-electron chi connectivity index (χ1n) is 6.88. The number of amides is 2. The molecule has 1 aromatic heterocycles. The van der Waals surface area contributed by atoms with E-state index in [1.165, 1.54) is 37.0 Å². The molecular formula is C14H18N2O2S. The first kappa shape index (κ1) is 12.7. The molecule has 3 rings (SSSR count). The van der Waals surface area contributed by atoms with Crippen molar-refractivity contribution < 1.29 is 9.59 Å². The van der Waals surface area contributed by atoms with Gasteiger partial charge in [-0.2, -0.15) is 0 Å². The summed E-state index contributed by atoms with van der Waals surface area (Å²) < 4.78 is 0. The Morgan fingerprint density at radius 2 is 1.37 bits per heavy atom. The summed E-state index contributed by atoms with van der Waals surface area (Å²) in [6.45, 7) is 1.53. The van der Waals surface area contributed by atoms with Gasteiger partial charge in [0.15, 0.2) is 0 Å². The summed E-state index contributed by atoms with van der Waals surface area (Å²) in [4.78, 5) is 25.0. The molecule has 2 fully saturated rings. The Morgan fingerprint density at radius 3 is 1.74 bits per heavy atom. The highest BCUT2D eigenvalue weighted by Gasteiger charge is 2.24. The predicted molar refractivity (Wildman–Crippen MR) is 74.4 cm³/mol. The topological polar surface area (TPSA) is 58.2 Å². The molecule has 2 aliphatic rings. The average Bonchev–Trinajstić information content (AvgIpc) is 3.32. The molecule has 4 nitrogen and oxygen atoms in total.